The lowest BCUT2D eigenvalue weighted by Gasteiger charge is -2.19. The van der Waals surface area contributed by atoms with Gasteiger partial charge in [0.2, 0.25) is 0 Å². The first-order valence-corrected chi connectivity index (χ1v) is 12.6. The molecule has 1 rings (SSSR count). The molecule has 0 aliphatic carbocycles. The smallest absolute Gasteiger partial charge is 0.480 e. The zero-order chi connectivity index (χ0) is 28.7. The second kappa shape index (κ2) is 17.1. The molecule has 38 heavy (non-hydrogen) atoms. The maximum absolute atomic E-state index is 12.1. The highest BCUT2D eigenvalue weighted by molar-refractivity contribution is 5.74. The predicted octanol–water partition coefficient (Wildman–Crippen LogP) is 4.85. The van der Waals surface area contributed by atoms with Crippen molar-refractivity contribution >= 4 is 24.4 Å². The standard InChI is InChI=1S/C26H39NO11/c1-7-8-9-12-33-24(30)36-18(6)15-27-20(23(28)29)13-19-10-11-21(37-25(31)34-16(2)3)22(14-19)38-26(32)35-17(4)5/h10-11,14,16-18,20,27H,7-9,12-13,15H2,1-6H3,(H,28,29)/t18?,20-/m0/s1. The Bertz CT molecular complexity index is 916. The van der Waals surface area contributed by atoms with Gasteiger partial charge in [-0.15, -0.1) is 0 Å². The molecule has 1 aromatic carbocycles. The molecule has 0 heterocycles. The van der Waals surface area contributed by atoms with Crippen LogP contribution in [0, 0.1) is 0 Å². The van der Waals surface area contributed by atoms with Crippen molar-refractivity contribution in [3.63, 3.8) is 0 Å². The van der Waals surface area contributed by atoms with Crippen molar-refractivity contribution in [2.24, 2.45) is 0 Å². The number of benzene rings is 1. The van der Waals surface area contributed by atoms with E-state index in [-0.39, 0.29) is 31.1 Å². The van der Waals surface area contributed by atoms with Crippen LogP contribution in [0.4, 0.5) is 14.4 Å². The van der Waals surface area contributed by atoms with Gasteiger partial charge >= 0.3 is 24.4 Å². The Balaban J connectivity index is 2.88. The summed E-state index contributed by atoms with van der Waals surface area (Å²) in [6.45, 7) is 10.5. The molecule has 214 valence electrons. The Kier molecular flexibility index (Phi) is 14.6. The van der Waals surface area contributed by atoms with Gasteiger partial charge in [-0.1, -0.05) is 25.8 Å². The van der Waals surface area contributed by atoms with E-state index in [9.17, 15) is 24.3 Å². The molecule has 12 nitrogen and oxygen atoms in total. The summed E-state index contributed by atoms with van der Waals surface area (Å²) in [6.07, 6.45) is -1.76. The third-order valence-electron chi connectivity index (χ3n) is 4.71. The third kappa shape index (κ3) is 13.7. The van der Waals surface area contributed by atoms with Crippen molar-refractivity contribution in [2.75, 3.05) is 13.2 Å². The van der Waals surface area contributed by atoms with Crippen LogP contribution in [-0.2, 0) is 30.2 Å². The number of hydrogen-bond donors (Lipinski definition) is 2. The van der Waals surface area contributed by atoms with E-state index in [1.54, 1.807) is 34.6 Å². The third-order valence-corrected chi connectivity index (χ3v) is 4.71. The number of carboxylic acids is 1. The lowest BCUT2D eigenvalue weighted by Crippen LogP contribution is -2.42. The summed E-state index contributed by atoms with van der Waals surface area (Å²) in [5.41, 5.74) is 0.450. The lowest BCUT2D eigenvalue weighted by molar-refractivity contribution is -0.139. The minimum Gasteiger partial charge on any atom is -0.480 e. The zero-order valence-electron chi connectivity index (χ0n) is 22.8. The Morgan fingerprint density at radius 2 is 1.45 bits per heavy atom. The summed E-state index contributed by atoms with van der Waals surface area (Å²) in [7, 11) is 0. The number of nitrogens with one attached hydrogen (secondary N) is 1. The number of unbranched alkanes of at least 4 members (excludes halogenated alkanes) is 2. The van der Waals surface area contributed by atoms with E-state index in [0.717, 1.165) is 19.3 Å². The second-order valence-corrected chi connectivity index (χ2v) is 9.06. The molecule has 0 bridgehead atoms. The van der Waals surface area contributed by atoms with Gasteiger partial charge < -0.3 is 38.8 Å². The highest BCUT2D eigenvalue weighted by Gasteiger charge is 2.23. The number of carboxylic acid groups (broad SMARTS) is 1. The number of ether oxygens (including phenoxy) is 6. The van der Waals surface area contributed by atoms with Crippen LogP contribution in [0.25, 0.3) is 0 Å². The molecule has 12 heteroatoms. The SMILES string of the molecule is CCCCCOC(=O)OC(C)CN[C@@H](Cc1ccc(OC(=O)OC(C)C)c(OC(=O)OC(C)C)c1)C(=O)O. The van der Waals surface area contributed by atoms with Crippen molar-refractivity contribution in [3.8, 4) is 11.5 Å². The summed E-state index contributed by atoms with van der Waals surface area (Å²) in [5, 5.41) is 12.5. The number of rotatable bonds is 15. The molecule has 0 spiro atoms. The number of aliphatic carboxylic acids is 1. The number of carbonyl (C=O) groups excluding carboxylic acids is 3. The van der Waals surface area contributed by atoms with E-state index in [1.165, 1.54) is 18.2 Å². The normalized spacial score (nSPS) is 12.4. The van der Waals surface area contributed by atoms with Gasteiger partial charge in [0.15, 0.2) is 11.5 Å². The van der Waals surface area contributed by atoms with Gasteiger partial charge in [0.1, 0.15) is 12.1 Å². The van der Waals surface area contributed by atoms with Gasteiger partial charge in [-0.3, -0.25) is 4.79 Å². The Morgan fingerprint density at radius 3 is 2.00 bits per heavy atom. The summed E-state index contributed by atoms with van der Waals surface area (Å²) < 4.78 is 30.4. The average Bonchev–Trinajstić information content (AvgIpc) is 2.79. The topological polar surface area (TPSA) is 156 Å². The van der Waals surface area contributed by atoms with Crippen LogP contribution in [0.2, 0.25) is 0 Å². The van der Waals surface area contributed by atoms with Crippen LogP contribution in [-0.4, -0.2) is 67.0 Å². The van der Waals surface area contributed by atoms with Gasteiger partial charge in [0.05, 0.1) is 18.8 Å². The number of carbonyl (C=O) groups is 4. The van der Waals surface area contributed by atoms with Crippen LogP contribution < -0.4 is 14.8 Å². The molecule has 1 unspecified atom stereocenters. The molecule has 0 aromatic heterocycles. The largest absolute Gasteiger partial charge is 0.514 e. The molecule has 0 saturated carbocycles. The molecule has 0 amide bonds. The predicted molar refractivity (Wildman–Crippen MR) is 135 cm³/mol. The van der Waals surface area contributed by atoms with E-state index in [1.807, 2.05) is 6.92 Å². The summed E-state index contributed by atoms with van der Waals surface area (Å²) in [5.74, 6) is -1.42. The van der Waals surface area contributed by atoms with E-state index >= 15 is 0 Å². The van der Waals surface area contributed by atoms with E-state index < -0.39 is 48.8 Å². The van der Waals surface area contributed by atoms with Crippen molar-refractivity contribution < 1.29 is 52.7 Å². The molecule has 2 atom stereocenters. The first-order valence-electron chi connectivity index (χ1n) is 12.6. The Morgan fingerprint density at radius 1 is 0.842 bits per heavy atom. The molecule has 0 aliphatic rings. The Hall–Kier alpha value is -3.54. The molecule has 0 aliphatic heterocycles. The molecule has 1 aromatic rings. The fraction of sp³-hybridized carbons (Fsp3) is 0.615. The van der Waals surface area contributed by atoms with Crippen LogP contribution in [0.15, 0.2) is 18.2 Å². The maximum Gasteiger partial charge on any atom is 0.514 e. The minimum atomic E-state index is -1.15. The van der Waals surface area contributed by atoms with Crippen molar-refractivity contribution in [2.45, 2.75) is 91.6 Å². The summed E-state index contributed by atoms with van der Waals surface area (Å²) in [4.78, 5) is 47.6. The quantitative estimate of drug-likeness (QED) is 0.135. The average molecular weight is 542 g/mol. The summed E-state index contributed by atoms with van der Waals surface area (Å²) >= 11 is 0. The second-order valence-electron chi connectivity index (χ2n) is 9.06. The molecule has 2 N–H and O–H groups in total. The molecular weight excluding hydrogens is 502 g/mol. The van der Waals surface area contributed by atoms with Crippen LogP contribution in [0.3, 0.4) is 0 Å². The van der Waals surface area contributed by atoms with Crippen molar-refractivity contribution in [1.29, 1.82) is 0 Å². The van der Waals surface area contributed by atoms with Crippen LogP contribution >= 0.6 is 0 Å². The van der Waals surface area contributed by atoms with Gasteiger partial charge in [-0.05, 0) is 65.2 Å². The first-order chi connectivity index (χ1) is 17.9. The van der Waals surface area contributed by atoms with Gasteiger partial charge in [0, 0.05) is 6.54 Å². The van der Waals surface area contributed by atoms with E-state index in [2.05, 4.69) is 5.32 Å². The minimum absolute atomic E-state index is 0.0319. The molecule has 0 saturated heterocycles. The van der Waals surface area contributed by atoms with Gasteiger partial charge in [-0.2, -0.15) is 0 Å². The van der Waals surface area contributed by atoms with Crippen molar-refractivity contribution in [3.05, 3.63) is 23.8 Å². The fourth-order valence-electron chi connectivity index (χ4n) is 2.99. The first kappa shape index (κ1) is 32.5. The monoisotopic (exact) mass is 541 g/mol. The van der Waals surface area contributed by atoms with Crippen LogP contribution in [0.5, 0.6) is 11.5 Å². The zero-order valence-corrected chi connectivity index (χ0v) is 22.8. The highest BCUT2D eigenvalue weighted by atomic mass is 16.8. The molecular formula is C26H39NO11. The highest BCUT2D eigenvalue weighted by Crippen LogP contribution is 2.30. The number of hydrogen-bond acceptors (Lipinski definition) is 11. The van der Waals surface area contributed by atoms with E-state index in [4.69, 9.17) is 28.4 Å². The van der Waals surface area contributed by atoms with Crippen LogP contribution in [0.1, 0.15) is 66.4 Å². The van der Waals surface area contributed by atoms with E-state index in [0.29, 0.717) is 5.56 Å². The van der Waals surface area contributed by atoms with Gasteiger partial charge in [-0.25, -0.2) is 14.4 Å². The molecule has 0 radical (unpaired) electrons. The lowest BCUT2D eigenvalue weighted by atomic mass is 10.0. The maximum atomic E-state index is 12.1. The van der Waals surface area contributed by atoms with Crippen molar-refractivity contribution in [1.82, 2.24) is 5.32 Å². The van der Waals surface area contributed by atoms with Gasteiger partial charge in [0.25, 0.3) is 0 Å². The molecule has 0 fully saturated rings. The fourth-order valence-corrected chi connectivity index (χ4v) is 2.99. The Labute approximate surface area is 222 Å². The summed E-state index contributed by atoms with van der Waals surface area (Å²) in [6, 6.07) is 3.16.